The molecule has 0 saturated carbocycles. The van der Waals surface area contributed by atoms with Crippen LogP contribution in [-0.2, 0) is 14.3 Å². The van der Waals surface area contributed by atoms with Crippen molar-refractivity contribution in [1.29, 1.82) is 0 Å². The van der Waals surface area contributed by atoms with E-state index >= 15 is 0 Å². The first-order valence-electron chi connectivity index (χ1n) is 3.77. The molecule has 1 rings (SSSR count). The molecule has 3 N–H and O–H groups in total. The van der Waals surface area contributed by atoms with Crippen LogP contribution in [-0.4, -0.2) is 52.5 Å². The maximum atomic E-state index is 11.1. The van der Waals surface area contributed by atoms with Gasteiger partial charge < -0.3 is 24.8 Å². The number of hydrogen-bond acceptors (Lipinski definition) is 6. The van der Waals surface area contributed by atoms with Gasteiger partial charge in [0.15, 0.2) is 6.29 Å². The molecular formula is C7H12O6. The molecule has 4 atom stereocenters. The zero-order valence-electron chi connectivity index (χ0n) is 7.30. The predicted octanol–water partition coefficient (Wildman–Crippen LogP) is -2.01. The number of carbonyl (C=O) groups excluding carboxylic acids is 1. The van der Waals surface area contributed by atoms with Crippen molar-refractivity contribution in [3.8, 4) is 0 Å². The van der Waals surface area contributed by atoms with E-state index in [0.29, 0.717) is 0 Å². The molecule has 0 spiro atoms. The van der Waals surface area contributed by atoms with Gasteiger partial charge in [-0.05, 0) is 6.92 Å². The van der Waals surface area contributed by atoms with E-state index in [0.717, 1.165) is 7.11 Å². The van der Waals surface area contributed by atoms with Gasteiger partial charge in [-0.25, -0.2) is 4.79 Å². The van der Waals surface area contributed by atoms with Gasteiger partial charge in [0.25, 0.3) is 0 Å². The molecule has 0 aromatic heterocycles. The van der Waals surface area contributed by atoms with E-state index in [2.05, 4.69) is 9.47 Å². The van der Waals surface area contributed by atoms with Crippen LogP contribution in [0.25, 0.3) is 0 Å². The van der Waals surface area contributed by atoms with E-state index in [1.807, 2.05) is 0 Å². The van der Waals surface area contributed by atoms with E-state index in [-0.39, 0.29) is 0 Å². The van der Waals surface area contributed by atoms with Gasteiger partial charge in [-0.1, -0.05) is 0 Å². The molecule has 1 aliphatic rings. The minimum Gasteiger partial charge on any atom is -0.467 e. The Morgan fingerprint density at radius 3 is 2.38 bits per heavy atom. The maximum absolute atomic E-state index is 11.1. The van der Waals surface area contributed by atoms with E-state index in [1.54, 1.807) is 0 Å². The highest BCUT2D eigenvalue weighted by Gasteiger charge is 2.59. The summed E-state index contributed by atoms with van der Waals surface area (Å²) in [5, 5.41) is 27.9. The second kappa shape index (κ2) is 3.22. The van der Waals surface area contributed by atoms with Crippen molar-refractivity contribution in [1.82, 2.24) is 0 Å². The number of rotatable bonds is 1. The van der Waals surface area contributed by atoms with Crippen molar-refractivity contribution in [2.75, 3.05) is 7.11 Å². The molecule has 0 bridgehead atoms. The van der Waals surface area contributed by atoms with Gasteiger partial charge in [-0.2, -0.15) is 0 Å². The Hall–Kier alpha value is -0.690. The summed E-state index contributed by atoms with van der Waals surface area (Å²) in [6, 6.07) is 0. The Kier molecular flexibility index (Phi) is 2.58. The smallest absolute Gasteiger partial charge is 0.343 e. The van der Waals surface area contributed by atoms with Crippen molar-refractivity contribution in [2.45, 2.75) is 31.0 Å². The van der Waals surface area contributed by atoms with Crippen LogP contribution in [0.4, 0.5) is 0 Å². The molecule has 0 aliphatic carbocycles. The first-order valence-corrected chi connectivity index (χ1v) is 3.77. The lowest BCUT2D eigenvalue weighted by atomic mass is 9.94. The molecule has 1 heterocycles. The van der Waals surface area contributed by atoms with Gasteiger partial charge >= 0.3 is 5.97 Å². The standard InChI is InChI=1S/C7H12O6/c1-3-7(11,6(10)12-2)4(8)5(9)13-3/h3-5,8-9,11H,1-2H3/t3-,4+,5?,7+/m0/s1. The maximum Gasteiger partial charge on any atom is 0.343 e. The predicted molar refractivity (Wildman–Crippen MR) is 39.5 cm³/mol. The highest BCUT2D eigenvalue weighted by atomic mass is 16.7. The number of ether oxygens (including phenoxy) is 2. The van der Waals surface area contributed by atoms with E-state index in [1.165, 1.54) is 6.92 Å². The van der Waals surface area contributed by atoms with Crippen molar-refractivity contribution in [2.24, 2.45) is 0 Å². The normalized spacial score (nSPS) is 44.8. The molecule has 76 valence electrons. The van der Waals surface area contributed by atoms with Crippen LogP contribution >= 0.6 is 0 Å². The summed E-state index contributed by atoms with van der Waals surface area (Å²) in [5.41, 5.74) is -2.19. The van der Waals surface area contributed by atoms with Crippen molar-refractivity contribution in [3.63, 3.8) is 0 Å². The lowest BCUT2D eigenvalue weighted by molar-refractivity contribution is -0.176. The lowest BCUT2D eigenvalue weighted by Crippen LogP contribution is -2.54. The molecule has 0 radical (unpaired) electrons. The molecule has 1 unspecified atom stereocenters. The van der Waals surface area contributed by atoms with Crippen molar-refractivity contribution >= 4 is 5.97 Å². The van der Waals surface area contributed by atoms with Crippen LogP contribution in [0.3, 0.4) is 0 Å². The molecular weight excluding hydrogens is 180 g/mol. The molecule has 0 aromatic carbocycles. The van der Waals surface area contributed by atoms with Gasteiger partial charge in [0, 0.05) is 0 Å². The van der Waals surface area contributed by atoms with E-state index < -0.39 is 30.1 Å². The molecule has 6 heteroatoms. The quantitative estimate of drug-likeness (QED) is 0.415. The summed E-state index contributed by atoms with van der Waals surface area (Å²) in [6.07, 6.45) is -4.26. The van der Waals surface area contributed by atoms with Gasteiger partial charge in [0.1, 0.15) is 12.2 Å². The summed E-state index contributed by atoms with van der Waals surface area (Å²) < 4.78 is 8.95. The van der Waals surface area contributed by atoms with Gasteiger partial charge in [0.2, 0.25) is 5.60 Å². The summed E-state index contributed by atoms with van der Waals surface area (Å²) >= 11 is 0. The summed E-state index contributed by atoms with van der Waals surface area (Å²) in [6.45, 7) is 1.36. The molecule has 6 nitrogen and oxygen atoms in total. The second-order valence-corrected chi connectivity index (χ2v) is 2.93. The fourth-order valence-electron chi connectivity index (χ4n) is 1.30. The first-order chi connectivity index (χ1) is 5.94. The molecule has 0 amide bonds. The highest BCUT2D eigenvalue weighted by molar-refractivity contribution is 5.81. The van der Waals surface area contributed by atoms with Crippen LogP contribution in [0.5, 0.6) is 0 Å². The number of aliphatic hydroxyl groups is 3. The Balaban J connectivity index is 2.93. The van der Waals surface area contributed by atoms with Crippen LogP contribution < -0.4 is 0 Å². The molecule has 1 aliphatic heterocycles. The number of carbonyl (C=O) groups is 1. The van der Waals surface area contributed by atoms with Crippen molar-refractivity contribution in [3.05, 3.63) is 0 Å². The molecule has 1 fully saturated rings. The summed E-state index contributed by atoms with van der Waals surface area (Å²) in [4.78, 5) is 11.1. The third-order valence-corrected chi connectivity index (χ3v) is 2.20. The molecule has 0 aromatic rings. The Morgan fingerprint density at radius 2 is 2.08 bits per heavy atom. The lowest BCUT2D eigenvalue weighted by Gasteiger charge is -2.25. The Labute approximate surface area is 74.7 Å². The van der Waals surface area contributed by atoms with Crippen LogP contribution in [0.2, 0.25) is 0 Å². The highest BCUT2D eigenvalue weighted by Crippen LogP contribution is 2.30. The van der Waals surface area contributed by atoms with Crippen molar-refractivity contribution < 1.29 is 29.6 Å². The third-order valence-electron chi connectivity index (χ3n) is 2.20. The number of aliphatic hydroxyl groups excluding tert-OH is 2. The zero-order valence-corrected chi connectivity index (χ0v) is 7.30. The number of methoxy groups -OCH3 is 1. The van der Waals surface area contributed by atoms with Crippen LogP contribution in [0, 0.1) is 0 Å². The molecule has 1 saturated heterocycles. The average molecular weight is 192 g/mol. The van der Waals surface area contributed by atoms with E-state index in [4.69, 9.17) is 5.11 Å². The second-order valence-electron chi connectivity index (χ2n) is 2.93. The third kappa shape index (κ3) is 1.31. The van der Waals surface area contributed by atoms with Crippen LogP contribution in [0.1, 0.15) is 6.92 Å². The minimum atomic E-state index is -2.19. The topological polar surface area (TPSA) is 96.2 Å². The fourth-order valence-corrected chi connectivity index (χ4v) is 1.30. The number of hydrogen-bond donors (Lipinski definition) is 3. The Bertz CT molecular complexity index is 217. The van der Waals surface area contributed by atoms with Gasteiger partial charge in [-0.15, -0.1) is 0 Å². The largest absolute Gasteiger partial charge is 0.467 e. The van der Waals surface area contributed by atoms with E-state index in [9.17, 15) is 15.0 Å². The first kappa shape index (κ1) is 10.4. The molecule has 13 heavy (non-hydrogen) atoms. The monoisotopic (exact) mass is 192 g/mol. The summed E-state index contributed by atoms with van der Waals surface area (Å²) in [5.74, 6) is -1.02. The zero-order chi connectivity index (χ0) is 10.2. The minimum absolute atomic E-state index is 1.01. The SMILES string of the molecule is COC(=O)[C@@]1(O)[C@H](C)OC(O)[C@H]1O. The fraction of sp³-hybridized carbons (Fsp3) is 0.857. The average Bonchev–Trinajstić information content (AvgIpc) is 2.30. The number of esters is 1. The van der Waals surface area contributed by atoms with Gasteiger partial charge in [0.05, 0.1) is 7.11 Å². The van der Waals surface area contributed by atoms with Crippen LogP contribution in [0.15, 0.2) is 0 Å². The van der Waals surface area contributed by atoms with Gasteiger partial charge in [-0.3, -0.25) is 0 Å². The Morgan fingerprint density at radius 1 is 1.54 bits per heavy atom. The summed E-state index contributed by atoms with van der Waals surface area (Å²) in [7, 11) is 1.07.